The summed E-state index contributed by atoms with van der Waals surface area (Å²) in [4.78, 5) is 4.38. The smallest absolute Gasteiger partial charge is 0.120 e. The van der Waals surface area contributed by atoms with Gasteiger partial charge in [-0.05, 0) is 36.2 Å². The maximum Gasteiger partial charge on any atom is 0.120 e. The van der Waals surface area contributed by atoms with Crippen molar-refractivity contribution < 1.29 is 4.74 Å². The molecule has 0 amide bonds. The van der Waals surface area contributed by atoms with Gasteiger partial charge in [0, 0.05) is 23.3 Å². The molecule has 0 spiro atoms. The first-order valence-electron chi connectivity index (χ1n) is 7.48. The molecule has 2 aromatic carbocycles. The molecule has 122 valence electrons. The number of anilines is 2. The van der Waals surface area contributed by atoms with Gasteiger partial charge in [-0.25, -0.2) is 0 Å². The Bertz CT molecular complexity index is 903. The number of aromatic nitrogens is 1. The molecule has 0 unspecified atom stereocenters. The van der Waals surface area contributed by atoms with E-state index in [4.69, 9.17) is 4.74 Å². The molecule has 1 N–H and O–H groups in total. The number of nitrogens with one attached hydrogen (secondary N) is 1. The molecule has 3 aromatic rings. The van der Waals surface area contributed by atoms with Crippen LogP contribution in [0.25, 0.3) is 10.9 Å². The van der Waals surface area contributed by atoms with E-state index in [1.165, 1.54) is 5.56 Å². The molecule has 1 heterocycles. The molecule has 24 heavy (non-hydrogen) atoms. The number of methoxy groups -OCH3 is 1. The van der Waals surface area contributed by atoms with Crippen LogP contribution in [0.1, 0.15) is 18.1 Å². The monoisotopic (exact) mass is 339 g/mol. The summed E-state index contributed by atoms with van der Waals surface area (Å²) in [6, 6.07) is 16.0. The number of hydrogen-bond donors (Lipinski definition) is 1. The molecule has 0 aliphatic carbocycles. The Labute approximate surface area is 147 Å². The van der Waals surface area contributed by atoms with Crippen molar-refractivity contribution in [3.05, 3.63) is 59.8 Å². The summed E-state index contributed by atoms with van der Waals surface area (Å²) in [6.45, 7) is 2.11. The number of hydrogen-bond acceptors (Lipinski definition) is 4. The Balaban J connectivity index is 0.00000208. The van der Waals surface area contributed by atoms with Crippen molar-refractivity contribution in [1.82, 2.24) is 4.98 Å². The molecule has 0 saturated heterocycles. The fourth-order valence-corrected chi connectivity index (χ4v) is 2.52. The van der Waals surface area contributed by atoms with E-state index < -0.39 is 0 Å². The lowest BCUT2D eigenvalue weighted by Crippen LogP contribution is -1.98. The SMILES string of the molecule is CCc1ccc2ncc(C#N)c(Nc3cccc(OC)c3)c2c1.Cl. The lowest BCUT2D eigenvalue weighted by atomic mass is 10.1. The first-order valence-corrected chi connectivity index (χ1v) is 7.48. The fraction of sp³-hybridized carbons (Fsp3) is 0.158. The number of rotatable bonds is 4. The lowest BCUT2D eigenvalue weighted by Gasteiger charge is -2.13. The second-order valence-corrected chi connectivity index (χ2v) is 5.22. The van der Waals surface area contributed by atoms with Gasteiger partial charge in [0.15, 0.2) is 0 Å². The topological polar surface area (TPSA) is 57.9 Å². The van der Waals surface area contributed by atoms with Gasteiger partial charge in [0.1, 0.15) is 11.8 Å². The highest BCUT2D eigenvalue weighted by molar-refractivity contribution is 5.96. The second kappa shape index (κ2) is 7.67. The zero-order chi connectivity index (χ0) is 16.2. The van der Waals surface area contributed by atoms with Crippen molar-refractivity contribution in [1.29, 1.82) is 5.26 Å². The molecule has 0 aliphatic heterocycles. The average Bonchev–Trinajstić information content (AvgIpc) is 2.61. The van der Waals surface area contributed by atoms with Crippen LogP contribution in [0.15, 0.2) is 48.7 Å². The summed E-state index contributed by atoms with van der Waals surface area (Å²) >= 11 is 0. The third kappa shape index (κ3) is 3.42. The van der Waals surface area contributed by atoms with Gasteiger partial charge in [0.25, 0.3) is 0 Å². The standard InChI is InChI=1S/C19H17N3O.ClH/c1-3-13-7-8-18-17(9-13)19(14(11-20)12-21-18)22-15-5-4-6-16(10-15)23-2;/h4-10,12H,3H2,1-2H3,(H,21,22);1H. The number of nitriles is 1. The maximum absolute atomic E-state index is 9.43. The Morgan fingerprint density at radius 2 is 2.04 bits per heavy atom. The minimum Gasteiger partial charge on any atom is -0.497 e. The molecular weight excluding hydrogens is 322 g/mol. The highest BCUT2D eigenvalue weighted by atomic mass is 35.5. The third-order valence-electron chi connectivity index (χ3n) is 3.80. The highest BCUT2D eigenvalue weighted by Crippen LogP contribution is 2.30. The number of fused-ring (bicyclic) bond motifs is 1. The van der Waals surface area contributed by atoms with E-state index in [-0.39, 0.29) is 12.4 Å². The highest BCUT2D eigenvalue weighted by Gasteiger charge is 2.10. The number of pyridine rings is 1. The van der Waals surface area contributed by atoms with Crippen LogP contribution in [0.3, 0.4) is 0 Å². The van der Waals surface area contributed by atoms with Gasteiger partial charge in [0.05, 0.1) is 23.9 Å². The number of aryl methyl sites for hydroxylation is 1. The van der Waals surface area contributed by atoms with E-state index in [0.29, 0.717) is 5.56 Å². The van der Waals surface area contributed by atoms with E-state index in [1.54, 1.807) is 13.3 Å². The second-order valence-electron chi connectivity index (χ2n) is 5.22. The summed E-state index contributed by atoms with van der Waals surface area (Å²) < 4.78 is 5.26. The predicted octanol–water partition coefficient (Wildman–Crippen LogP) is 4.84. The van der Waals surface area contributed by atoms with Crippen LogP contribution in [0.2, 0.25) is 0 Å². The van der Waals surface area contributed by atoms with Crippen LogP contribution in [0.4, 0.5) is 11.4 Å². The van der Waals surface area contributed by atoms with E-state index in [2.05, 4.69) is 35.4 Å². The van der Waals surface area contributed by atoms with Crippen LogP contribution in [-0.2, 0) is 6.42 Å². The van der Waals surface area contributed by atoms with Crippen LogP contribution in [-0.4, -0.2) is 12.1 Å². The molecule has 0 atom stereocenters. The molecular formula is C19H18ClN3O. The number of halogens is 1. The zero-order valence-electron chi connectivity index (χ0n) is 13.5. The molecule has 0 saturated carbocycles. The number of nitrogens with zero attached hydrogens (tertiary/aromatic N) is 2. The average molecular weight is 340 g/mol. The van der Waals surface area contributed by atoms with Crippen molar-refractivity contribution in [2.24, 2.45) is 0 Å². The largest absolute Gasteiger partial charge is 0.497 e. The minimum absolute atomic E-state index is 0. The van der Waals surface area contributed by atoms with E-state index in [1.807, 2.05) is 30.3 Å². The molecule has 4 nitrogen and oxygen atoms in total. The molecule has 1 aromatic heterocycles. The van der Waals surface area contributed by atoms with E-state index in [0.717, 1.165) is 34.4 Å². The zero-order valence-corrected chi connectivity index (χ0v) is 14.4. The number of ether oxygens (including phenoxy) is 1. The maximum atomic E-state index is 9.43. The van der Waals surface area contributed by atoms with Crippen LogP contribution < -0.4 is 10.1 Å². The van der Waals surface area contributed by atoms with Gasteiger partial charge in [-0.1, -0.05) is 19.1 Å². The van der Waals surface area contributed by atoms with Crippen LogP contribution >= 0.6 is 12.4 Å². The normalized spacial score (nSPS) is 9.88. The lowest BCUT2D eigenvalue weighted by molar-refractivity contribution is 0.415. The van der Waals surface area contributed by atoms with Crippen molar-refractivity contribution in [2.45, 2.75) is 13.3 Å². The number of benzene rings is 2. The third-order valence-corrected chi connectivity index (χ3v) is 3.80. The summed E-state index contributed by atoms with van der Waals surface area (Å²) in [6.07, 6.45) is 2.54. The van der Waals surface area contributed by atoms with Crippen LogP contribution in [0.5, 0.6) is 5.75 Å². The van der Waals surface area contributed by atoms with Crippen molar-refractivity contribution >= 4 is 34.7 Å². The van der Waals surface area contributed by atoms with Gasteiger partial charge >= 0.3 is 0 Å². The first kappa shape index (κ1) is 17.6. The van der Waals surface area contributed by atoms with Crippen molar-refractivity contribution in [3.8, 4) is 11.8 Å². The van der Waals surface area contributed by atoms with E-state index >= 15 is 0 Å². The van der Waals surface area contributed by atoms with Gasteiger partial charge in [-0.15, -0.1) is 12.4 Å². The molecule has 0 bridgehead atoms. The van der Waals surface area contributed by atoms with E-state index in [9.17, 15) is 5.26 Å². The Morgan fingerprint density at radius 1 is 1.21 bits per heavy atom. The molecule has 0 fully saturated rings. The van der Waals surface area contributed by atoms with Gasteiger partial charge < -0.3 is 10.1 Å². The van der Waals surface area contributed by atoms with Gasteiger partial charge in [-0.3, -0.25) is 4.98 Å². The summed E-state index contributed by atoms with van der Waals surface area (Å²) in [5.41, 5.74) is 4.25. The van der Waals surface area contributed by atoms with Crippen molar-refractivity contribution in [2.75, 3.05) is 12.4 Å². The van der Waals surface area contributed by atoms with Gasteiger partial charge in [0.2, 0.25) is 0 Å². The Hall–Kier alpha value is -2.77. The summed E-state index contributed by atoms with van der Waals surface area (Å²) in [7, 11) is 1.63. The van der Waals surface area contributed by atoms with Crippen LogP contribution in [0, 0.1) is 11.3 Å². The molecule has 0 radical (unpaired) electrons. The summed E-state index contributed by atoms with van der Waals surface area (Å²) in [5.74, 6) is 0.765. The predicted molar refractivity (Wildman–Crippen MR) is 99.4 cm³/mol. The molecule has 5 heteroatoms. The van der Waals surface area contributed by atoms with Gasteiger partial charge in [-0.2, -0.15) is 5.26 Å². The Morgan fingerprint density at radius 3 is 2.75 bits per heavy atom. The van der Waals surface area contributed by atoms with Crippen molar-refractivity contribution in [3.63, 3.8) is 0 Å². The Kier molecular flexibility index (Phi) is 5.62. The quantitative estimate of drug-likeness (QED) is 0.738. The summed E-state index contributed by atoms with van der Waals surface area (Å²) in [5, 5.41) is 13.7. The first-order chi connectivity index (χ1) is 11.2. The molecule has 0 aliphatic rings. The fourth-order valence-electron chi connectivity index (χ4n) is 2.52. The minimum atomic E-state index is 0. The molecule has 3 rings (SSSR count).